The minimum absolute atomic E-state index is 0.0633. The number of rotatable bonds is 5. The SMILES string of the molecule is C=CCN(CC(=O)O)C(=O)C1CCCCC1C(F)(F)F. The molecule has 0 aromatic rings. The van der Waals surface area contributed by atoms with Gasteiger partial charge in [-0.2, -0.15) is 13.2 Å². The first-order chi connectivity index (χ1) is 9.27. The molecule has 4 nitrogen and oxygen atoms in total. The molecule has 20 heavy (non-hydrogen) atoms. The number of carboxylic acids is 1. The lowest BCUT2D eigenvalue weighted by Crippen LogP contribution is -2.46. The molecule has 0 aliphatic heterocycles. The third kappa shape index (κ3) is 4.25. The molecule has 0 bridgehead atoms. The van der Waals surface area contributed by atoms with Crippen LogP contribution >= 0.6 is 0 Å². The molecular formula is C13H18F3NO3. The number of carbonyl (C=O) groups excluding carboxylic acids is 1. The summed E-state index contributed by atoms with van der Waals surface area (Å²) in [7, 11) is 0. The number of alkyl halides is 3. The van der Waals surface area contributed by atoms with Crippen molar-refractivity contribution < 1.29 is 27.9 Å². The molecule has 1 rings (SSSR count). The van der Waals surface area contributed by atoms with Crippen molar-refractivity contribution in [1.29, 1.82) is 0 Å². The van der Waals surface area contributed by atoms with Gasteiger partial charge in [0, 0.05) is 12.5 Å². The highest BCUT2D eigenvalue weighted by Gasteiger charge is 2.48. The van der Waals surface area contributed by atoms with E-state index < -0.39 is 36.4 Å². The van der Waals surface area contributed by atoms with E-state index in [9.17, 15) is 22.8 Å². The molecule has 1 aliphatic rings. The molecule has 2 unspecified atom stereocenters. The third-order valence-corrected chi connectivity index (χ3v) is 3.49. The summed E-state index contributed by atoms with van der Waals surface area (Å²) < 4.78 is 38.9. The summed E-state index contributed by atoms with van der Waals surface area (Å²) in [6.07, 6.45) is -2.05. The highest BCUT2D eigenvalue weighted by atomic mass is 19.4. The third-order valence-electron chi connectivity index (χ3n) is 3.49. The molecule has 1 amide bonds. The van der Waals surface area contributed by atoms with Crippen LogP contribution < -0.4 is 0 Å². The van der Waals surface area contributed by atoms with Crippen LogP contribution in [-0.2, 0) is 9.59 Å². The van der Waals surface area contributed by atoms with E-state index >= 15 is 0 Å². The van der Waals surface area contributed by atoms with Crippen LogP contribution in [0, 0.1) is 11.8 Å². The number of carboxylic acid groups (broad SMARTS) is 1. The van der Waals surface area contributed by atoms with Crippen molar-refractivity contribution in [1.82, 2.24) is 4.90 Å². The van der Waals surface area contributed by atoms with E-state index in [1.54, 1.807) is 0 Å². The Bertz CT molecular complexity index is 382. The number of carbonyl (C=O) groups is 2. The van der Waals surface area contributed by atoms with E-state index in [1.807, 2.05) is 0 Å². The lowest BCUT2D eigenvalue weighted by Gasteiger charge is -2.34. The molecule has 0 saturated heterocycles. The lowest BCUT2D eigenvalue weighted by atomic mass is 9.78. The van der Waals surface area contributed by atoms with Gasteiger partial charge in [0.25, 0.3) is 0 Å². The van der Waals surface area contributed by atoms with E-state index in [0.29, 0.717) is 12.8 Å². The van der Waals surface area contributed by atoms with Crippen LogP contribution in [0.3, 0.4) is 0 Å². The zero-order valence-corrected chi connectivity index (χ0v) is 11.0. The first-order valence-corrected chi connectivity index (χ1v) is 6.45. The summed E-state index contributed by atoms with van der Waals surface area (Å²) in [4.78, 5) is 23.8. The number of hydrogen-bond acceptors (Lipinski definition) is 2. The summed E-state index contributed by atoms with van der Waals surface area (Å²) in [6, 6.07) is 0. The van der Waals surface area contributed by atoms with Crippen LogP contribution in [0.1, 0.15) is 25.7 Å². The maximum absolute atomic E-state index is 13.0. The Labute approximate surface area is 115 Å². The highest BCUT2D eigenvalue weighted by Crippen LogP contribution is 2.42. The van der Waals surface area contributed by atoms with Crippen LogP contribution in [0.25, 0.3) is 0 Å². The van der Waals surface area contributed by atoms with Crippen molar-refractivity contribution in [2.45, 2.75) is 31.9 Å². The largest absolute Gasteiger partial charge is 0.480 e. The fraction of sp³-hybridized carbons (Fsp3) is 0.692. The normalized spacial score (nSPS) is 23.1. The molecular weight excluding hydrogens is 275 g/mol. The predicted octanol–water partition coefficient (Wildman–Crippen LogP) is 2.45. The molecule has 0 spiro atoms. The van der Waals surface area contributed by atoms with Gasteiger partial charge in [-0.05, 0) is 12.8 Å². The number of nitrogens with zero attached hydrogens (tertiary/aromatic N) is 1. The van der Waals surface area contributed by atoms with Crippen molar-refractivity contribution in [3.05, 3.63) is 12.7 Å². The summed E-state index contributed by atoms with van der Waals surface area (Å²) in [5, 5.41) is 8.73. The summed E-state index contributed by atoms with van der Waals surface area (Å²) in [5.74, 6) is -4.85. The first-order valence-electron chi connectivity index (χ1n) is 6.45. The van der Waals surface area contributed by atoms with Crippen molar-refractivity contribution in [3.63, 3.8) is 0 Å². The maximum Gasteiger partial charge on any atom is 0.392 e. The van der Waals surface area contributed by atoms with Gasteiger partial charge >= 0.3 is 12.1 Å². The Morgan fingerprint density at radius 1 is 1.30 bits per heavy atom. The van der Waals surface area contributed by atoms with Gasteiger partial charge < -0.3 is 10.0 Å². The Morgan fingerprint density at radius 3 is 2.40 bits per heavy atom. The molecule has 1 aliphatic carbocycles. The molecule has 0 aromatic heterocycles. The molecule has 2 atom stereocenters. The van der Waals surface area contributed by atoms with Gasteiger partial charge in [0.05, 0.1) is 5.92 Å². The van der Waals surface area contributed by atoms with Gasteiger partial charge in [-0.25, -0.2) is 0 Å². The molecule has 7 heteroatoms. The lowest BCUT2D eigenvalue weighted by molar-refractivity contribution is -0.200. The second-order valence-electron chi connectivity index (χ2n) is 4.94. The van der Waals surface area contributed by atoms with E-state index in [0.717, 1.165) is 4.90 Å². The maximum atomic E-state index is 13.0. The second-order valence-corrected chi connectivity index (χ2v) is 4.94. The summed E-state index contributed by atoms with van der Waals surface area (Å²) >= 11 is 0. The highest BCUT2D eigenvalue weighted by molar-refractivity contribution is 5.83. The molecule has 0 radical (unpaired) electrons. The van der Waals surface area contributed by atoms with Crippen molar-refractivity contribution in [3.8, 4) is 0 Å². The standard InChI is InChI=1S/C13H18F3NO3/c1-2-7-17(8-11(18)19)12(20)9-5-3-4-6-10(9)13(14,15)16/h2,9-10H,1,3-8H2,(H,18,19). The minimum Gasteiger partial charge on any atom is -0.480 e. The number of aliphatic carboxylic acids is 1. The predicted molar refractivity (Wildman–Crippen MR) is 65.9 cm³/mol. The van der Waals surface area contributed by atoms with Crippen LogP contribution in [0.2, 0.25) is 0 Å². The average molecular weight is 293 g/mol. The topological polar surface area (TPSA) is 57.6 Å². The van der Waals surface area contributed by atoms with E-state index in [4.69, 9.17) is 5.11 Å². The Kier molecular flexibility index (Phi) is 5.59. The van der Waals surface area contributed by atoms with Crippen LogP contribution in [0.15, 0.2) is 12.7 Å². The molecule has 114 valence electrons. The van der Waals surface area contributed by atoms with Gasteiger partial charge in [0.2, 0.25) is 5.91 Å². The van der Waals surface area contributed by atoms with Gasteiger partial charge in [0.15, 0.2) is 0 Å². The molecule has 1 N–H and O–H groups in total. The van der Waals surface area contributed by atoms with Gasteiger partial charge in [-0.3, -0.25) is 9.59 Å². The van der Waals surface area contributed by atoms with E-state index in [1.165, 1.54) is 6.08 Å². The van der Waals surface area contributed by atoms with Gasteiger partial charge in [-0.1, -0.05) is 18.9 Å². The molecule has 1 fully saturated rings. The van der Waals surface area contributed by atoms with Crippen LogP contribution in [-0.4, -0.2) is 41.1 Å². The molecule has 0 heterocycles. The minimum atomic E-state index is -4.43. The summed E-state index contributed by atoms with van der Waals surface area (Å²) in [6.45, 7) is 2.73. The monoisotopic (exact) mass is 293 g/mol. The Morgan fingerprint density at radius 2 is 1.90 bits per heavy atom. The zero-order valence-electron chi connectivity index (χ0n) is 11.0. The molecule has 0 aromatic carbocycles. The van der Waals surface area contributed by atoms with Gasteiger partial charge in [0.1, 0.15) is 6.54 Å². The van der Waals surface area contributed by atoms with E-state index in [-0.39, 0.29) is 19.4 Å². The van der Waals surface area contributed by atoms with Crippen molar-refractivity contribution in [2.24, 2.45) is 11.8 Å². The fourth-order valence-corrected chi connectivity index (χ4v) is 2.60. The van der Waals surface area contributed by atoms with Crippen molar-refractivity contribution >= 4 is 11.9 Å². The summed E-state index contributed by atoms with van der Waals surface area (Å²) in [5.41, 5.74) is 0. The van der Waals surface area contributed by atoms with Crippen LogP contribution in [0.4, 0.5) is 13.2 Å². The smallest absolute Gasteiger partial charge is 0.392 e. The second kappa shape index (κ2) is 6.76. The zero-order chi connectivity index (χ0) is 15.3. The van der Waals surface area contributed by atoms with Crippen LogP contribution in [0.5, 0.6) is 0 Å². The Hall–Kier alpha value is -1.53. The van der Waals surface area contributed by atoms with Gasteiger partial charge in [-0.15, -0.1) is 6.58 Å². The fourth-order valence-electron chi connectivity index (χ4n) is 2.60. The first kappa shape index (κ1) is 16.5. The molecule has 1 saturated carbocycles. The number of hydrogen-bond donors (Lipinski definition) is 1. The van der Waals surface area contributed by atoms with Crippen molar-refractivity contribution in [2.75, 3.05) is 13.1 Å². The number of halogens is 3. The quantitative estimate of drug-likeness (QED) is 0.792. The Balaban J connectivity index is 2.89. The van der Waals surface area contributed by atoms with E-state index in [2.05, 4.69) is 6.58 Å². The number of amides is 1. The average Bonchev–Trinajstić information content (AvgIpc) is 2.36.